The molecule has 8 heteroatoms. The maximum absolute atomic E-state index is 12.9. The highest BCUT2D eigenvalue weighted by Gasteiger charge is 2.43. The largest absolute Gasteiger partial charge is 0.493 e. The lowest BCUT2D eigenvalue weighted by Crippen LogP contribution is -2.56. The van der Waals surface area contributed by atoms with Crippen LogP contribution in [0.3, 0.4) is 0 Å². The van der Waals surface area contributed by atoms with Crippen molar-refractivity contribution in [1.82, 2.24) is 4.90 Å². The molecule has 8 nitrogen and oxygen atoms in total. The zero-order valence-corrected chi connectivity index (χ0v) is 20.3. The van der Waals surface area contributed by atoms with Gasteiger partial charge < -0.3 is 24.2 Å². The van der Waals surface area contributed by atoms with E-state index >= 15 is 0 Å². The second-order valence-corrected chi connectivity index (χ2v) is 8.85. The maximum atomic E-state index is 12.9. The average Bonchev–Trinajstić information content (AvgIpc) is 2.81. The van der Waals surface area contributed by atoms with Crippen molar-refractivity contribution < 1.29 is 33.7 Å². The molecule has 0 saturated carbocycles. The van der Waals surface area contributed by atoms with E-state index in [1.54, 1.807) is 26.0 Å². The summed E-state index contributed by atoms with van der Waals surface area (Å²) < 4.78 is 16.1. The molecule has 0 bridgehead atoms. The van der Waals surface area contributed by atoms with E-state index in [-0.39, 0.29) is 12.5 Å². The third-order valence-corrected chi connectivity index (χ3v) is 6.40. The van der Waals surface area contributed by atoms with Gasteiger partial charge in [0.1, 0.15) is 6.04 Å². The Balaban J connectivity index is 2.23. The van der Waals surface area contributed by atoms with Gasteiger partial charge in [-0.15, -0.1) is 0 Å². The van der Waals surface area contributed by atoms with Crippen molar-refractivity contribution in [2.45, 2.75) is 52.5 Å². The molecule has 1 aliphatic rings. The third-order valence-electron chi connectivity index (χ3n) is 6.40. The van der Waals surface area contributed by atoms with E-state index in [1.165, 1.54) is 26.2 Å². The summed E-state index contributed by atoms with van der Waals surface area (Å²) in [6.07, 6.45) is 6.00. The number of aliphatic carboxylic acids is 1. The van der Waals surface area contributed by atoms with Crippen LogP contribution in [-0.4, -0.2) is 61.6 Å². The van der Waals surface area contributed by atoms with Gasteiger partial charge in [-0.2, -0.15) is 0 Å². The number of benzene rings is 1. The summed E-state index contributed by atoms with van der Waals surface area (Å²) in [5.41, 5.74) is -0.0144. The summed E-state index contributed by atoms with van der Waals surface area (Å²) >= 11 is 0. The Morgan fingerprint density at radius 2 is 1.73 bits per heavy atom. The van der Waals surface area contributed by atoms with E-state index in [4.69, 9.17) is 14.2 Å². The van der Waals surface area contributed by atoms with Gasteiger partial charge in [0.05, 0.1) is 21.3 Å². The first-order chi connectivity index (χ1) is 15.6. The summed E-state index contributed by atoms with van der Waals surface area (Å²) in [7, 11) is 4.61. The Bertz CT molecular complexity index is 881. The number of carbonyl (C=O) groups excluding carboxylic acids is 2. The standard InChI is InChI=1S/C25H35NO7/c1-7-25(2,3)22(27)23(28)26-13-9-12-17(20(26)24(29)30)11-8-10-16-14-18(31-4)21(33-6)19(15-16)32-5/h8,10,14-15,17,20H,7,9,11-13H2,1-6H3,(H,29,30)/b10-8+. The molecule has 0 aliphatic carbocycles. The molecule has 1 saturated heterocycles. The minimum Gasteiger partial charge on any atom is -0.493 e. The molecule has 1 aliphatic heterocycles. The first kappa shape index (κ1) is 26.2. The van der Waals surface area contributed by atoms with Crippen molar-refractivity contribution in [1.29, 1.82) is 0 Å². The van der Waals surface area contributed by atoms with Gasteiger partial charge in [-0.05, 0) is 49.3 Å². The fourth-order valence-corrected chi connectivity index (χ4v) is 4.04. The molecule has 0 radical (unpaired) electrons. The lowest BCUT2D eigenvalue weighted by Gasteiger charge is -2.39. The SMILES string of the molecule is CCC(C)(C)C(=O)C(=O)N1CCCC(C/C=C/c2cc(OC)c(OC)c(OC)c2)C1C(=O)O. The molecule has 1 fully saturated rings. The number of ether oxygens (including phenoxy) is 3. The van der Waals surface area contributed by atoms with Crippen molar-refractivity contribution in [2.75, 3.05) is 27.9 Å². The second kappa shape index (κ2) is 11.2. The molecular weight excluding hydrogens is 426 g/mol. The predicted molar refractivity (Wildman–Crippen MR) is 125 cm³/mol. The van der Waals surface area contributed by atoms with Crippen molar-refractivity contribution in [3.8, 4) is 17.2 Å². The number of nitrogens with zero attached hydrogens (tertiary/aromatic N) is 1. The maximum Gasteiger partial charge on any atom is 0.326 e. The van der Waals surface area contributed by atoms with Crippen LogP contribution in [-0.2, 0) is 14.4 Å². The molecular formula is C25H35NO7. The monoisotopic (exact) mass is 461 g/mol. The second-order valence-electron chi connectivity index (χ2n) is 8.85. The van der Waals surface area contributed by atoms with Gasteiger partial charge in [0.25, 0.3) is 5.91 Å². The lowest BCUT2D eigenvalue weighted by atomic mass is 9.82. The average molecular weight is 462 g/mol. The van der Waals surface area contributed by atoms with E-state index in [0.29, 0.717) is 42.9 Å². The molecule has 2 atom stereocenters. The highest BCUT2D eigenvalue weighted by Crippen LogP contribution is 2.38. The van der Waals surface area contributed by atoms with Crippen molar-refractivity contribution in [3.63, 3.8) is 0 Å². The number of amides is 1. The van der Waals surface area contributed by atoms with Gasteiger partial charge in [0.15, 0.2) is 11.5 Å². The molecule has 1 heterocycles. The van der Waals surface area contributed by atoms with Crippen LogP contribution in [0.2, 0.25) is 0 Å². The Hall–Kier alpha value is -3.03. The van der Waals surface area contributed by atoms with Gasteiger partial charge in [0.2, 0.25) is 11.5 Å². The van der Waals surface area contributed by atoms with Gasteiger partial charge in [0, 0.05) is 12.0 Å². The zero-order valence-electron chi connectivity index (χ0n) is 20.3. The number of ketones is 1. The number of hydrogen-bond acceptors (Lipinski definition) is 6. The highest BCUT2D eigenvalue weighted by atomic mass is 16.5. The lowest BCUT2D eigenvalue weighted by molar-refractivity contribution is -0.160. The molecule has 1 amide bonds. The number of rotatable bonds is 10. The quantitative estimate of drug-likeness (QED) is 0.529. The van der Waals surface area contributed by atoms with Gasteiger partial charge >= 0.3 is 5.97 Å². The number of allylic oxidation sites excluding steroid dienone is 1. The van der Waals surface area contributed by atoms with Crippen LogP contribution in [0.15, 0.2) is 18.2 Å². The molecule has 2 rings (SSSR count). The Morgan fingerprint density at radius 1 is 1.12 bits per heavy atom. The number of carboxylic acid groups (broad SMARTS) is 1. The number of likely N-dealkylation sites (tertiary alicyclic amines) is 1. The third kappa shape index (κ3) is 5.86. The molecule has 33 heavy (non-hydrogen) atoms. The Labute approximate surface area is 195 Å². The van der Waals surface area contributed by atoms with Crippen molar-refractivity contribution in [3.05, 3.63) is 23.8 Å². The first-order valence-corrected chi connectivity index (χ1v) is 11.2. The number of Topliss-reactive ketones (excluding diaryl/α,β-unsaturated/α-hetero) is 1. The molecule has 1 aromatic rings. The number of piperidine rings is 1. The summed E-state index contributed by atoms with van der Waals surface area (Å²) in [6, 6.07) is 2.57. The van der Waals surface area contributed by atoms with Crippen molar-refractivity contribution in [2.24, 2.45) is 11.3 Å². The molecule has 0 aromatic heterocycles. The number of carboxylic acids is 1. The van der Waals surface area contributed by atoms with Gasteiger partial charge in [-0.25, -0.2) is 4.79 Å². The molecule has 2 unspecified atom stereocenters. The van der Waals surface area contributed by atoms with Crippen LogP contribution in [0.4, 0.5) is 0 Å². The Morgan fingerprint density at radius 3 is 2.21 bits per heavy atom. The fourth-order valence-electron chi connectivity index (χ4n) is 4.04. The predicted octanol–water partition coefficient (Wildman–Crippen LogP) is 3.81. The van der Waals surface area contributed by atoms with Crippen LogP contribution in [0.5, 0.6) is 17.2 Å². The molecule has 182 valence electrons. The minimum atomic E-state index is -1.09. The van der Waals surface area contributed by atoms with E-state index in [9.17, 15) is 19.5 Å². The van der Waals surface area contributed by atoms with Crippen LogP contribution >= 0.6 is 0 Å². The number of hydrogen-bond donors (Lipinski definition) is 1. The molecule has 1 aromatic carbocycles. The molecule has 1 N–H and O–H groups in total. The van der Waals surface area contributed by atoms with Gasteiger partial charge in [-0.1, -0.05) is 32.9 Å². The normalized spacial score (nSPS) is 18.8. The number of methoxy groups -OCH3 is 3. The van der Waals surface area contributed by atoms with Crippen molar-refractivity contribution >= 4 is 23.7 Å². The first-order valence-electron chi connectivity index (χ1n) is 11.2. The van der Waals surface area contributed by atoms with E-state index in [0.717, 1.165) is 5.56 Å². The Kier molecular flexibility index (Phi) is 8.91. The van der Waals surface area contributed by atoms with Crippen LogP contribution in [0.25, 0.3) is 6.08 Å². The van der Waals surface area contributed by atoms with E-state index in [1.807, 2.05) is 19.1 Å². The fraction of sp³-hybridized carbons (Fsp3) is 0.560. The zero-order chi connectivity index (χ0) is 24.8. The number of carbonyl (C=O) groups is 3. The highest BCUT2D eigenvalue weighted by molar-refractivity contribution is 6.38. The summed E-state index contributed by atoms with van der Waals surface area (Å²) in [6.45, 7) is 5.54. The van der Waals surface area contributed by atoms with Crippen LogP contribution in [0, 0.1) is 11.3 Å². The van der Waals surface area contributed by atoms with E-state index < -0.39 is 29.1 Å². The summed E-state index contributed by atoms with van der Waals surface area (Å²) in [5, 5.41) is 9.90. The van der Waals surface area contributed by atoms with E-state index in [2.05, 4.69) is 0 Å². The molecule has 0 spiro atoms. The summed E-state index contributed by atoms with van der Waals surface area (Å²) in [4.78, 5) is 39.0. The smallest absolute Gasteiger partial charge is 0.326 e. The van der Waals surface area contributed by atoms with Crippen LogP contribution in [0.1, 0.15) is 52.0 Å². The topological polar surface area (TPSA) is 102 Å². The van der Waals surface area contributed by atoms with Gasteiger partial charge in [-0.3, -0.25) is 9.59 Å². The summed E-state index contributed by atoms with van der Waals surface area (Å²) in [5.74, 6) is -1.09. The minimum absolute atomic E-state index is 0.272. The van der Waals surface area contributed by atoms with Crippen LogP contribution < -0.4 is 14.2 Å².